The maximum Gasteiger partial charge on any atom is 0.163 e. The Morgan fingerprint density at radius 3 is 2.08 bits per heavy atom. The zero-order chi connectivity index (χ0) is 36.6. The van der Waals surface area contributed by atoms with Crippen molar-refractivity contribution in [3.63, 3.8) is 0 Å². The number of rotatable bonds is 20. The van der Waals surface area contributed by atoms with E-state index in [0.29, 0.717) is 17.4 Å². The third-order valence-electron chi connectivity index (χ3n) is 15.6. The molecule has 0 radical (unpaired) electrons. The molecule has 1 saturated heterocycles. The highest BCUT2D eigenvalue weighted by atomic mass is 16.7. The van der Waals surface area contributed by atoms with Gasteiger partial charge in [0.15, 0.2) is 6.29 Å². The van der Waals surface area contributed by atoms with Crippen molar-refractivity contribution in [2.75, 3.05) is 26.4 Å². The molecule has 1 heterocycles. The summed E-state index contributed by atoms with van der Waals surface area (Å²) in [5.74, 6) is 6.34. The van der Waals surface area contributed by atoms with Crippen molar-refractivity contribution in [1.29, 1.82) is 0 Å². The molecule has 5 fully saturated rings. The van der Waals surface area contributed by atoms with Gasteiger partial charge in [-0.2, -0.15) is 0 Å². The molecule has 4 saturated carbocycles. The fourth-order valence-electron chi connectivity index (χ4n) is 12.5. The summed E-state index contributed by atoms with van der Waals surface area (Å²) in [7, 11) is 0. The van der Waals surface area contributed by atoms with E-state index in [1.165, 1.54) is 70.6 Å². The van der Waals surface area contributed by atoms with Gasteiger partial charge in [0, 0.05) is 25.7 Å². The molecule has 6 unspecified atom stereocenters. The van der Waals surface area contributed by atoms with E-state index in [4.69, 9.17) is 23.7 Å². The van der Waals surface area contributed by atoms with Crippen molar-refractivity contribution in [1.82, 2.24) is 0 Å². The molecule has 0 aromatic heterocycles. The van der Waals surface area contributed by atoms with E-state index < -0.39 is 0 Å². The predicted molar refractivity (Wildman–Crippen MR) is 211 cm³/mol. The Bertz CT molecular complexity index is 1000. The van der Waals surface area contributed by atoms with Crippen LogP contribution in [0.1, 0.15) is 178 Å². The van der Waals surface area contributed by atoms with Gasteiger partial charge in [-0.05, 0) is 129 Å². The third-order valence-corrected chi connectivity index (χ3v) is 15.6. The second-order valence-electron chi connectivity index (χ2n) is 19.4. The molecule has 5 heteroatoms. The zero-order valence-electron chi connectivity index (χ0n) is 35.1. The van der Waals surface area contributed by atoms with Gasteiger partial charge in [-0.1, -0.05) is 101 Å². The van der Waals surface area contributed by atoms with E-state index in [0.717, 1.165) is 106 Å². The van der Waals surface area contributed by atoms with Gasteiger partial charge in [0.1, 0.15) is 12.2 Å². The lowest BCUT2D eigenvalue weighted by Gasteiger charge is -2.61. The molecular weight excluding hydrogens is 633 g/mol. The highest BCUT2D eigenvalue weighted by Crippen LogP contribution is 2.68. The van der Waals surface area contributed by atoms with E-state index in [9.17, 15) is 0 Å². The second-order valence-corrected chi connectivity index (χ2v) is 19.4. The molecule has 0 aromatic carbocycles. The lowest BCUT2D eigenvalue weighted by Crippen LogP contribution is -2.59. The van der Waals surface area contributed by atoms with Crippen LogP contribution in [0.25, 0.3) is 0 Å². The normalized spacial score (nSPS) is 41.6. The van der Waals surface area contributed by atoms with Crippen LogP contribution in [0, 0.1) is 58.2 Å². The molecule has 5 aliphatic rings. The molecule has 298 valence electrons. The summed E-state index contributed by atoms with van der Waals surface area (Å²) < 4.78 is 33.4. The minimum atomic E-state index is -0.276. The van der Waals surface area contributed by atoms with Crippen molar-refractivity contribution in [3.8, 4) is 0 Å². The first-order chi connectivity index (χ1) is 24.6. The van der Waals surface area contributed by atoms with Crippen LogP contribution in [0.3, 0.4) is 0 Å². The Labute approximate surface area is 316 Å². The highest BCUT2D eigenvalue weighted by Gasteiger charge is 2.61. The van der Waals surface area contributed by atoms with Gasteiger partial charge in [-0.15, -0.1) is 0 Å². The minimum absolute atomic E-state index is 0.0408. The molecule has 0 aromatic rings. The number of unbranched alkanes of at least 4 members (excludes halogenated alkanes) is 3. The van der Waals surface area contributed by atoms with Gasteiger partial charge in [0.2, 0.25) is 0 Å². The average Bonchev–Trinajstić information content (AvgIpc) is 3.46. The number of ether oxygens (including phenoxy) is 5. The smallest absolute Gasteiger partial charge is 0.163 e. The SMILES string of the molecule is CCCCOCC1O[C@H](O[C@H]2CC[C@@]3(C)C(CCC4C3CC[C@@]3(C)C4CC[C@@H]3[C@H](C)CCCC(C)C)C2)C(C)[C@@H](OCCCC)[C@@H]1OCCCC. The second kappa shape index (κ2) is 19.6. The van der Waals surface area contributed by atoms with Gasteiger partial charge in [0.25, 0.3) is 0 Å². The van der Waals surface area contributed by atoms with Gasteiger partial charge in [0.05, 0.1) is 18.8 Å². The first kappa shape index (κ1) is 42.0. The van der Waals surface area contributed by atoms with E-state index in [1.807, 2.05) is 0 Å². The van der Waals surface area contributed by atoms with Crippen molar-refractivity contribution < 1.29 is 23.7 Å². The van der Waals surface area contributed by atoms with E-state index in [-0.39, 0.29) is 36.6 Å². The minimum Gasteiger partial charge on any atom is -0.379 e. The van der Waals surface area contributed by atoms with Crippen molar-refractivity contribution in [2.24, 2.45) is 58.2 Å². The molecule has 4 aliphatic carbocycles. The Balaban J connectivity index is 1.22. The topological polar surface area (TPSA) is 46.2 Å². The van der Waals surface area contributed by atoms with Crippen LogP contribution in [0.5, 0.6) is 0 Å². The first-order valence-electron chi connectivity index (χ1n) is 22.7. The number of hydrogen-bond acceptors (Lipinski definition) is 5. The third kappa shape index (κ3) is 9.79. The lowest BCUT2D eigenvalue weighted by molar-refractivity contribution is -0.313. The van der Waals surface area contributed by atoms with Crippen LogP contribution in [-0.2, 0) is 23.7 Å². The van der Waals surface area contributed by atoms with Crippen LogP contribution in [0.4, 0.5) is 0 Å². The quantitative estimate of drug-likeness (QED) is 0.0927. The number of fused-ring (bicyclic) bond motifs is 5. The molecule has 0 bridgehead atoms. The summed E-state index contributed by atoms with van der Waals surface area (Å²) in [4.78, 5) is 0. The Morgan fingerprint density at radius 2 is 1.37 bits per heavy atom. The van der Waals surface area contributed by atoms with Crippen molar-refractivity contribution in [3.05, 3.63) is 0 Å². The maximum atomic E-state index is 7.10. The Hall–Kier alpha value is -0.200. The zero-order valence-corrected chi connectivity index (χ0v) is 35.1. The van der Waals surface area contributed by atoms with Gasteiger partial charge < -0.3 is 23.7 Å². The van der Waals surface area contributed by atoms with Gasteiger partial charge in [-0.3, -0.25) is 0 Å². The van der Waals surface area contributed by atoms with E-state index in [1.54, 1.807) is 0 Å². The fraction of sp³-hybridized carbons (Fsp3) is 1.00. The first-order valence-corrected chi connectivity index (χ1v) is 22.7. The Morgan fingerprint density at radius 1 is 0.706 bits per heavy atom. The van der Waals surface area contributed by atoms with Crippen LogP contribution in [-0.4, -0.2) is 57.1 Å². The predicted octanol–water partition coefficient (Wildman–Crippen LogP) is 12.0. The monoisotopic (exact) mass is 717 g/mol. The summed E-state index contributed by atoms with van der Waals surface area (Å²) in [6, 6.07) is 0. The molecule has 1 aliphatic heterocycles. The van der Waals surface area contributed by atoms with Crippen molar-refractivity contribution in [2.45, 2.75) is 209 Å². The van der Waals surface area contributed by atoms with Gasteiger partial charge in [-0.25, -0.2) is 0 Å². The molecule has 51 heavy (non-hydrogen) atoms. The average molecular weight is 717 g/mol. The molecule has 14 atom stereocenters. The van der Waals surface area contributed by atoms with Crippen LogP contribution in [0.2, 0.25) is 0 Å². The fourth-order valence-corrected chi connectivity index (χ4v) is 12.5. The Kier molecular flexibility index (Phi) is 16.1. The van der Waals surface area contributed by atoms with E-state index >= 15 is 0 Å². The van der Waals surface area contributed by atoms with Crippen molar-refractivity contribution >= 4 is 0 Å². The van der Waals surface area contributed by atoms with Crippen LogP contribution >= 0.6 is 0 Å². The molecule has 5 rings (SSSR count). The molecular formula is C46H84O5. The summed E-state index contributed by atoms with van der Waals surface area (Å²) in [6.45, 7) is 24.6. The molecule has 0 N–H and O–H groups in total. The maximum absolute atomic E-state index is 7.10. The number of hydrogen-bond donors (Lipinski definition) is 0. The summed E-state index contributed by atoms with van der Waals surface area (Å²) in [6.07, 6.45) is 22.9. The largest absolute Gasteiger partial charge is 0.379 e. The van der Waals surface area contributed by atoms with Crippen LogP contribution < -0.4 is 0 Å². The summed E-state index contributed by atoms with van der Waals surface area (Å²) in [5.41, 5.74) is 1.03. The van der Waals surface area contributed by atoms with E-state index in [2.05, 4.69) is 62.3 Å². The van der Waals surface area contributed by atoms with Gasteiger partial charge >= 0.3 is 0 Å². The highest BCUT2D eigenvalue weighted by molar-refractivity contribution is 5.10. The summed E-state index contributed by atoms with van der Waals surface area (Å²) in [5, 5.41) is 0. The standard InChI is InChI=1S/C46H84O5/c1-10-13-27-47-31-41-43(49-29-15-12-3)42(48-28-14-11-2)34(7)44(51-41)50-36-23-25-45(8)35(30-36)19-20-37-39-22-21-38(33(6)18-16-17-32(4)5)46(39,9)26-24-40(37)45/h32-44H,10-31H2,1-9H3/t33-,34?,35?,36+,37?,38-,39?,40?,41?,42-,43-,44+,45+,46-/m1/s1. The lowest BCUT2D eigenvalue weighted by atomic mass is 9.44. The summed E-state index contributed by atoms with van der Waals surface area (Å²) >= 11 is 0. The molecule has 0 spiro atoms. The molecule has 0 amide bonds. The molecule has 5 nitrogen and oxygen atoms in total. The van der Waals surface area contributed by atoms with Crippen LogP contribution in [0.15, 0.2) is 0 Å².